The topological polar surface area (TPSA) is 119 Å². The van der Waals surface area contributed by atoms with Crippen molar-refractivity contribution in [1.29, 1.82) is 0 Å². The van der Waals surface area contributed by atoms with Crippen molar-refractivity contribution >= 4 is 29.4 Å². The molecular weight excluding hydrogens is 449 g/mol. The molecule has 0 atom stereocenters. The first kappa shape index (κ1) is 23.9. The Hall–Kier alpha value is -3.72. The van der Waals surface area contributed by atoms with Crippen LogP contribution in [-0.4, -0.2) is 27.6 Å². The maximum atomic E-state index is 13.5. The number of carbonyl (C=O) groups excluding carboxylic acids is 2. The average molecular weight is 472 g/mol. The molecule has 0 spiro atoms. The molecule has 0 saturated heterocycles. The van der Waals surface area contributed by atoms with E-state index in [1.165, 1.54) is 18.2 Å². The molecule has 2 heterocycles. The number of hydrazine groups is 1. The fourth-order valence-corrected chi connectivity index (χ4v) is 3.27. The van der Waals surface area contributed by atoms with Crippen molar-refractivity contribution in [2.24, 2.45) is 0 Å². The quantitative estimate of drug-likeness (QED) is 0.377. The van der Waals surface area contributed by atoms with Gasteiger partial charge in [0.2, 0.25) is 0 Å². The maximum Gasteiger partial charge on any atom is 0.426 e. The Morgan fingerprint density at radius 3 is 2.30 bits per heavy atom. The highest BCUT2D eigenvalue weighted by molar-refractivity contribution is 6.29. The molecule has 2 amide bonds. The van der Waals surface area contributed by atoms with Crippen molar-refractivity contribution < 1.29 is 18.7 Å². The lowest BCUT2D eigenvalue weighted by Crippen LogP contribution is -2.44. The zero-order valence-corrected chi connectivity index (χ0v) is 19.2. The molecule has 0 aliphatic rings. The van der Waals surface area contributed by atoms with E-state index in [2.05, 4.69) is 20.8 Å². The maximum absolute atomic E-state index is 13.5. The van der Waals surface area contributed by atoms with Gasteiger partial charge in [-0.3, -0.25) is 10.2 Å². The van der Waals surface area contributed by atoms with Gasteiger partial charge in [0.05, 0.1) is 11.3 Å². The first-order valence-electron chi connectivity index (χ1n) is 9.93. The first-order valence-corrected chi connectivity index (χ1v) is 10.3. The van der Waals surface area contributed by atoms with Gasteiger partial charge in [-0.05, 0) is 75.7 Å². The summed E-state index contributed by atoms with van der Waals surface area (Å²) in [5.74, 6) is -1.19. The molecule has 3 aromatic rings. The standard InChI is InChI=1S/C23H23ClFN5O3/c1-12-9-14(10-18(24)27-12)16-11-17(21(31)29-30-22(32)33-23(2,3)4)20(26)28-19(16)13-5-7-15(25)8-6-13/h5-11H,1-4H3,(H2,26,28)(H,29,31)(H,30,32). The largest absolute Gasteiger partial charge is 0.443 e. The van der Waals surface area contributed by atoms with E-state index in [9.17, 15) is 14.0 Å². The Balaban J connectivity index is 2.03. The predicted molar refractivity (Wildman–Crippen MR) is 124 cm³/mol. The van der Waals surface area contributed by atoms with E-state index in [0.717, 1.165) is 0 Å². The third-order valence-electron chi connectivity index (χ3n) is 4.32. The SMILES string of the molecule is Cc1cc(-c2cc(C(=O)NNC(=O)OC(C)(C)C)c(N)nc2-c2ccc(F)cc2)cc(Cl)n1. The van der Waals surface area contributed by atoms with Crippen LogP contribution in [0, 0.1) is 12.7 Å². The summed E-state index contributed by atoms with van der Waals surface area (Å²) in [5, 5.41) is 0.254. The molecule has 10 heteroatoms. The van der Waals surface area contributed by atoms with E-state index >= 15 is 0 Å². The number of carbonyl (C=O) groups is 2. The van der Waals surface area contributed by atoms with Crippen molar-refractivity contribution in [1.82, 2.24) is 20.8 Å². The summed E-state index contributed by atoms with van der Waals surface area (Å²) >= 11 is 6.14. The Kier molecular flexibility index (Phi) is 6.83. The Bertz CT molecular complexity index is 1190. The van der Waals surface area contributed by atoms with Gasteiger partial charge < -0.3 is 10.5 Å². The molecule has 0 fully saturated rings. The van der Waals surface area contributed by atoms with Gasteiger partial charge in [0.25, 0.3) is 5.91 Å². The number of aromatic nitrogens is 2. The van der Waals surface area contributed by atoms with Crippen LogP contribution in [0.5, 0.6) is 0 Å². The van der Waals surface area contributed by atoms with Gasteiger partial charge >= 0.3 is 6.09 Å². The second kappa shape index (κ2) is 9.41. The molecule has 4 N–H and O–H groups in total. The molecule has 0 radical (unpaired) electrons. The number of hydrogen-bond donors (Lipinski definition) is 3. The van der Waals surface area contributed by atoms with Gasteiger partial charge in [0.1, 0.15) is 22.4 Å². The van der Waals surface area contributed by atoms with Crippen LogP contribution in [-0.2, 0) is 4.74 Å². The average Bonchev–Trinajstić information content (AvgIpc) is 2.70. The normalized spacial score (nSPS) is 11.1. The van der Waals surface area contributed by atoms with Gasteiger partial charge in [-0.1, -0.05) is 11.6 Å². The molecule has 0 saturated carbocycles. The summed E-state index contributed by atoms with van der Waals surface area (Å²) in [5.41, 5.74) is 12.6. The highest BCUT2D eigenvalue weighted by Crippen LogP contribution is 2.34. The van der Waals surface area contributed by atoms with E-state index in [1.54, 1.807) is 52.0 Å². The fraction of sp³-hybridized carbons (Fsp3) is 0.217. The number of nitrogens with one attached hydrogen (secondary N) is 2. The van der Waals surface area contributed by atoms with Gasteiger partial charge in [-0.15, -0.1) is 0 Å². The number of ether oxygens (including phenoxy) is 1. The predicted octanol–water partition coefficient (Wildman–Crippen LogP) is 4.66. The lowest BCUT2D eigenvalue weighted by atomic mass is 9.97. The van der Waals surface area contributed by atoms with Gasteiger partial charge in [0.15, 0.2) is 0 Å². The van der Waals surface area contributed by atoms with Crippen LogP contribution in [0.4, 0.5) is 15.0 Å². The van der Waals surface area contributed by atoms with Crippen LogP contribution in [0.15, 0.2) is 42.5 Å². The van der Waals surface area contributed by atoms with Crippen molar-refractivity contribution in [2.45, 2.75) is 33.3 Å². The summed E-state index contributed by atoms with van der Waals surface area (Å²) in [6, 6.07) is 10.6. The third kappa shape index (κ3) is 6.17. The third-order valence-corrected chi connectivity index (χ3v) is 4.52. The highest BCUT2D eigenvalue weighted by Gasteiger charge is 2.21. The Morgan fingerprint density at radius 2 is 1.70 bits per heavy atom. The molecule has 0 bridgehead atoms. The number of anilines is 1. The van der Waals surface area contributed by atoms with E-state index in [0.29, 0.717) is 28.1 Å². The van der Waals surface area contributed by atoms with Crippen molar-refractivity contribution in [3.8, 4) is 22.4 Å². The molecule has 0 aliphatic carbocycles. The van der Waals surface area contributed by atoms with Crippen molar-refractivity contribution in [3.63, 3.8) is 0 Å². The number of benzene rings is 1. The van der Waals surface area contributed by atoms with E-state index in [1.807, 2.05) is 0 Å². The molecule has 3 rings (SSSR count). The molecule has 2 aromatic heterocycles. The molecule has 8 nitrogen and oxygen atoms in total. The minimum absolute atomic E-state index is 0.0116. The van der Waals surface area contributed by atoms with Crippen LogP contribution >= 0.6 is 11.6 Å². The van der Waals surface area contributed by atoms with Crippen LogP contribution in [0.3, 0.4) is 0 Å². The molecule has 33 heavy (non-hydrogen) atoms. The van der Waals surface area contributed by atoms with Crippen LogP contribution in [0.25, 0.3) is 22.4 Å². The number of halogens is 2. The summed E-state index contributed by atoms with van der Waals surface area (Å²) in [6.07, 6.45) is -0.831. The number of amides is 2. The number of nitrogen functional groups attached to an aromatic ring is 1. The highest BCUT2D eigenvalue weighted by atomic mass is 35.5. The monoisotopic (exact) mass is 471 g/mol. The lowest BCUT2D eigenvalue weighted by molar-refractivity contribution is 0.0483. The second-order valence-electron chi connectivity index (χ2n) is 8.23. The van der Waals surface area contributed by atoms with Gasteiger partial charge in [-0.2, -0.15) is 0 Å². The first-order chi connectivity index (χ1) is 15.4. The fourth-order valence-electron chi connectivity index (χ4n) is 3.02. The Morgan fingerprint density at radius 1 is 1.03 bits per heavy atom. The minimum Gasteiger partial charge on any atom is -0.443 e. The number of rotatable bonds is 3. The Labute approximate surface area is 195 Å². The van der Waals surface area contributed by atoms with Crippen LogP contribution in [0.2, 0.25) is 5.15 Å². The van der Waals surface area contributed by atoms with E-state index in [-0.39, 0.29) is 16.5 Å². The van der Waals surface area contributed by atoms with Crippen LogP contribution < -0.4 is 16.6 Å². The summed E-state index contributed by atoms with van der Waals surface area (Å²) in [4.78, 5) is 33.2. The number of nitrogens with two attached hydrogens (primary N) is 1. The molecule has 0 aliphatic heterocycles. The summed E-state index contributed by atoms with van der Waals surface area (Å²) < 4.78 is 18.6. The van der Waals surface area contributed by atoms with Crippen LogP contribution in [0.1, 0.15) is 36.8 Å². The minimum atomic E-state index is -0.831. The van der Waals surface area contributed by atoms with Gasteiger partial charge in [0, 0.05) is 16.8 Å². The lowest BCUT2D eigenvalue weighted by Gasteiger charge is -2.20. The van der Waals surface area contributed by atoms with Crippen molar-refractivity contribution in [2.75, 3.05) is 5.73 Å². The van der Waals surface area contributed by atoms with E-state index < -0.39 is 23.4 Å². The molecule has 0 unspecified atom stereocenters. The summed E-state index contributed by atoms with van der Waals surface area (Å²) in [7, 11) is 0. The number of hydrogen-bond acceptors (Lipinski definition) is 6. The number of aryl methyl sites for hydroxylation is 1. The summed E-state index contributed by atoms with van der Waals surface area (Å²) in [6.45, 7) is 6.85. The zero-order chi connectivity index (χ0) is 24.3. The smallest absolute Gasteiger partial charge is 0.426 e. The van der Waals surface area contributed by atoms with E-state index in [4.69, 9.17) is 22.1 Å². The zero-order valence-electron chi connectivity index (χ0n) is 18.5. The second-order valence-corrected chi connectivity index (χ2v) is 8.61. The molecular formula is C23H23ClFN5O3. The molecule has 1 aromatic carbocycles. The number of nitrogens with zero attached hydrogens (tertiary/aromatic N) is 2. The molecule has 172 valence electrons. The van der Waals surface area contributed by atoms with Crippen molar-refractivity contribution in [3.05, 3.63) is 64.7 Å². The van der Waals surface area contributed by atoms with Gasteiger partial charge in [-0.25, -0.2) is 24.6 Å². The number of pyridine rings is 2.